The lowest BCUT2D eigenvalue weighted by Gasteiger charge is -2.25. The maximum atomic E-state index is 9.31. The van der Waals surface area contributed by atoms with Gasteiger partial charge in [-0.2, -0.15) is 5.26 Å². The van der Waals surface area contributed by atoms with Crippen molar-refractivity contribution in [1.29, 1.82) is 5.26 Å². The highest BCUT2D eigenvalue weighted by Crippen LogP contribution is 2.37. The van der Waals surface area contributed by atoms with Crippen LogP contribution in [0.5, 0.6) is 0 Å². The van der Waals surface area contributed by atoms with Crippen LogP contribution in [0.2, 0.25) is 0 Å². The molecule has 4 aromatic rings. The first kappa shape index (κ1) is 23.0. The monoisotopic (exact) mass is 473 g/mol. The summed E-state index contributed by atoms with van der Waals surface area (Å²) in [6.45, 7) is 5.49. The van der Waals surface area contributed by atoms with E-state index in [1.165, 1.54) is 21.0 Å². The normalized spacial score (nSPS) is 14.4. The number of aryl methyl sites for hydroxylation is 1. The summed E-state index contributed by atoms with van der Waals surface area (Å²) in [7, 11) is -0.197. The number of fused-ring (bicyclic) bond motifs is 1. The van der Waals surface area contributed by atoms with Gasteiger partial charge >= 0.3 is 0 Å². The molecule has 5 nitrogen and oxygen atoms in total. The van der Waals surface area contributed by atoms with Crippen molar-refractivity contribution in [3.63, 3.8) is 0 Å². The average Bonchev–Trinajstić information content (AvgIpc) is 3.53. The van der Waals surface area contributed by atoms with E-state index in [2.05, 4.69) is 73.7 Å². The van der Waals surface area contributed by atoms with E-state index in [4.69, 9.17) is 0 Å². The highest BCUT2D eigenvalue weighted by Gasteiger charge is 2.22. The van der Waals surface area contributed by atoms with Crippen molar-refractivity contribution in [2.45, 2.75) is 24.2 Å². The van der Waals surface area contributed by atoms with E-state index in [9.17, 15) is 5.26 Å². The average molecular weight is 474 g/mol. The van der Waals surface area contributed by atoms with Crippen molar-refractivity contribution in [2.75, 3.05) is 18.0 Å². The maximum Gasteiger partial charge on any atom is 0.0991 e. The van der Waals surface area contributed by atoms with Crippen LogP contribution in [-0.2, 0) is 13.1 Å². The molecule has 7 heteroatoms. The fourth-order valence-corrected chi connectivity index (χ4v) is 6.16. The molecule has 1 aliphatic heterocycles. The van der Waals surface area contributed by atoms with Crippen LogP contribution in [0.15, 0.2) is 82.8 Å². The SMILES string of the molecule is C=S(c1cccs1)N1CCN(Cc2cnc[nH]2)c2ccc(C#N)cc2C1.Cc1ccccc1. The second-order valence-electron chi connectivity index (χ2n) is 7.77. The van der Waals surface area contributed by atoms with Crippen LogP contribution in [0.25, 0.3) is 0 Å². The topological polar surface area (TPSA) is 58.9 Å². The Balaban J connectivity index is 0.000000318. The van der Waals surface area contributed by atoms with Gasteiger partial charge in [-0.15, -0.1) is 11.3 Å². The lowest BCUT2D eigenvalue weighted by atomic mass is 10.1. The van der Waals surface area contributed by atoms with E-state index < -0.39 is 0 Å². The zero-order valence-electron chi connectivity index (χ0n) is 18.6. The number of nitriles is 1. The number of benzene rings is 2. The number of hydrogen-bond donors (Lipinski definition) is 1. The van der Waals surface area contributed by atoms with Crippen molar-refractivity contribution in [1.82, 2.24) is 14.3 Å². The first-order valence-corrected chi connectivity index (χ1v) is 13.0. The maximum absolute atomic E-state index is 9.31. The quantitative estimate of drug-likeness (QED) is 0.379. The molecule has 0 amide bonds. The van der Waals surface area contributed by atoms with Crippen molar-refractivity contribution >= 4 is 33.6 Å². The van der Waals surface area contributed by atoms with Gasteiger partial charge in [0.25, 0.3) is 0 Å². The number of hydrogen-bond acceptors (Lipinski definition) is 5. The summed E-state index contributed by atoms with van der Waals surface area (Å²) in [5.74, 6) is 4.43. The standard InChI is InChI=1S/C19H19N5S2.C7H8/c1-26(19-3-2-8-25-19)24-7-6-23(13-17-11-21-14-22-17)18-5-4-15(10-20)9-16(18)12-24;1-7-5-3-2-4-6-7/h2-5,8-9,11,14H,1,6-7,12-13H2,(H,21,22);2-6H,1H3. The zero-order chi connectivity index (χ0) is 23.0. The molecule has 1 N–H and O–H groups in total. The summed E-state index contributed by atoms with van der Waals surface area (Å²) < 4.78 is 3.71. The molecule has 3 heterocycles. The van der Waals surface area contributed by atoms with Gasteiger partial charge in [0.15, 0.2) is 0 Å². The second-order valence-corrected chi connectivity index (χ2v) is 10.7. The largest absolute Gasteiger partial charge is 0.364 e. The van der Waals surface area contributed by atoms with Crippen molar-refractivity contribution < 1.29 is 0 Å². The molecule has 1 aliphatic rings. The lowest BCUT2D eigenvalue weighted by molar-refractivity contribution is 0.482. The summed E-state index contributed by atoms with van der Waals surface area (Å²) in [5, 5.41) is 11.4. The van der Waals surface area contributed by atoms with Gasteiger partial charge in [-0.05, 0) is 42.1 Å². The number of aromatic nitrogens is 2. The van der Waals surface area contributed by atoms with Crippen LogP contribution in [-0.4, -0.2) is 33.2 Å². The summed E-state index contributed by atoms with van der Waals surface area (Å²) >= 11 is 1.75. The number of rotatable bonds is 4. The molecule has 0 radical (unpaired) electrons. The molecule has 5 rings (SSSR count). The Morgan fingerprint density at radius 3 is 2.64 bits per heavy atom. The van der Waals surface area contributed by atoms with Crippen LogP contribution >= 0.6 is 22.0 Å². The van der Waals surface area contributed by atoms with Crippen LogP contribution < -0.4 is 4.90 Å². The predicted molar refractivity (Wildman–Crippen MR) is 140 cm³/mol. The molecule has 2 aromatic heterocycles. The van der Waals surface area contributed by atoms with E-state index in [-0.39, 0.29) is 10.7 Å². The molecule has 0 fully saturated rings. The molecular formula is C26H27N5S2. The molecule has 33 heavy (non-hydrogen) atoms. The molecular weight excluding hydrogens is 446 g/mol. The Bertz CT molecular complexity index is 1210. The molecule has 1 atom stereocenters. The molecule has 0 aliphatic carbocycles. The van der Waals surface area contributed by atoms with Gasteiger partial charge in [-0.3, -0.25) is 0 Å². The number of H-pyrrole nitrogens is 1. The summed E-state index contributed by atoms with van der Waals surface area (Å²) in [6.07, 6.45) is 3.58. The van der Waals surface area contributed by atoms with Crippen molar-refractivity contribution in [2.24, 2.45) is 0 Å². The fraction of sp³-hybridized carbons (Fsp3) is 0.192. The van der Waals surface area contributed by atoms with Crippen LogP contribution in [0.4, 0.5) is 5.69 Å². The third kappa shape index (κ3) is 5.99. The van der Waals surface area contributed by atoms with E-state index >= 15 is 0 Å². The lowest BCUT2D eigenvalue weighted by Crippen LogP contribution is -2.29. The number of thiophene rings is 1. The number of anilines is 1. The van der Waals surface area contributed by atoms with Crippen LogP contribution in [0.1, 0.15) is 22.4 Å². The van der Waals surface area contributed by atoms with E-state index in [1.807, 2.05) is 36.5 Å². The molecule has 0 spiro atoms. The summed E-state index contributed by atoms with van der Waals surface area (Å²) in [5.41, 5.74) is 5.47. The van der Waals surface area contributed by atoms with Crippen molar-refractivity contribution in [3.8, 4) is 6.07 Å². The van der Waals surface area contributed by atoms with E-state index in [0.29, 0.717) is 5.56 Å². The third-order valence-electron chi connectivity index (χ3n) is 5.41. The Hall–Kier alpha value is -3.18. The Morgan fingerprint density at radius 2 is 2.00 bits per heavy atom. The molecule has 0 bridgehead atoms. The van der Waals surface area contributed by atoms with Gasteiger partial charge in [0, 0.05) is 31.5 Å². The first-order valence-electron chi connectivity index (χ1n) is 10.7. The molecule has 168 valence electrons. The minimum absolute atomic E-state index is 0.197. The summed E-state index contributed by atoms with van der Waals surface area (Å²) in [6, 6.07) is 22.7. The summed E-state index contributed by atoms with van der Waals surface area (Å²) in [4.78, 5) is 9.67. The number of aromatic amines is 1. The van der Waals surface area contributed by atoms with Crippen molar-refractivity contribution in [3.05, 3.63) is 101 Å². The van der Waals surface area contributed by atoms with Gasteiger partial charge in [0.05, 0.1) is 34.4 Å². The minimum atomic E-state index is -0.197. The smallest absolute Gasteiger partial charge is 0.0991 e. The first-order chi connectivity index (χ1) is 16.1. The number of nitrogens with zero attached hydrogens (tertiary/aromatic N) is 4. The van der Waals surface area contributed by atoms with Gasteiger partial charge in [0.1, 0.15) is 0 Å². The highest BCUT2D eigenvalue weighted by atomic mass is 32.2. The Labute approximate surface area is 202 Å². The molecule has 0 saturated heterocycles. The van der Waals surface area contributed by atoms with Gasteiger partial charge in [-0.25, -0.2) is 9.29 Å². The highest BCUT2D eigenvalue weighted by molar-refractivity contribution is 8.13. The minimum Gasteiger partial charge on any atom is -0.364 e. The molecule has 0 saturated carbocycles. The van der Waals surface area contributed by atoms with Gasteiger partial charge < -0.3 is 9.88 Å². The predicted octanol–water partition coefficient (Wildman–Crippen LogP) is 5.84. The second kappa shape index (κ2) is 11.1. The van der Waals surface area contributed by atoms with Crippen LogP contribution in [0.3, 0.4) is 0 Å². The fourth-order valence-electron chi connectivity index (χ4n) is 3.70. The van der Waals surface area contributed by atoms with Gasteiger partial charge in [0.2, 0.25) is 0 Å². The van der Waals surface area contributed by atoms with E-state index in [0.717, 1.165) is 31.9 Å². The third-order valence-corrected chi connectivity index (χ3v) is 8.47. The zero-order valence-corrected chi connectivity index (χ0v) is 20.3. The molecule has 1 unspecified atom stereocenters. The van der Waals surface area contributed by atoms with Crippen LogP contribution in [0, 0.1) is 18.3 Å². The number of imidazole rings is 1. The Kier molecular flexibility index (Phi) is 7.74. The molecule has 2 aromatic carbocycles. The van der Waals surface area contributed by atoms with E-state index in [1.54, 1.807) is 17.7 Å². The number of nitrogens with one attached hydrogen (secondary N) is 1. The Morgan fingerprint density at radius 1 is 1.15 bits per heavy atom. The van der Waals surface area contributed by atoms with Gasteiger partial charge in [-0.1, -0.05) is 58.5 Å².